The molecule has 0 spiro atoms. The molecule has 0 aliphatic rings. The molecule has 0 aromatic heterocycles. The third-order valence-electron chi connectivity index (χ3n) is 3.13. The van der Waals surface area contributed by atoms with Crippen molar-refractivity contribution in [1.29, 1.82) is 0 Å². The molecule has 0 fully saturated rings. The largest absolute Gasteiger partial charge is 0.352 e. The van der Waals surface area contributed by atoms with Gasteiger partial charge in [0.05, 0.1) is 4.90 Å². The van der Waals surface area contributed by atoms with Gasteiger partial charge in [0.1, 0.15) is 0 Å². The number of rotatable bonds is 8. The molecule has 6 nitrogen and oxygen atoms in total. The van der Waals surface area contributed by atoms with E-state index in [9.17, 15) is 13.2 Å². The summed E-state index contributed by atoms with van der Waals surface area (Å²) in [6, 6.07) is 5.97. The number of benzene rings is 1. The van der Waals surface area contributed by atoms with E-state index in [-0.39, 0.29) is 10.8 Å². The third-order valence-corrected chi connectivity index (χ3v) is 5.19. The predicted molar refractivity (Wildman–Crippen MR) is 82.6 cm³/mol. The van der Waals surface area contributed by atoms with Crippen LogP contribution in [0.3, 0.4) is 0 Å². The first-order chi connectivity index (χ1) is 9.97. The minimum Gasteiger partial charge on any atom is -0.352 e. The Morgan fingerprint density at radius 1 is 1.19 bits per heavy atom. The first-order valence-electron chi connectivity index (χ1n) is 7.05. The van der Waals surface area contributed by atoms with E-state index in [2.05, 4.69) is 5.32 Å². The average molecular weight is 313 g/mol. The molecule has 1 amide bonds. The number of hydrogen-bond acceptors (Lipinski definition) is 4. The number of carbonyl (C=O) groups excluding carboxylic acids is 1. The topological polar surface area (TPSA) is 92.5 Å². The van der Waals surface area contributed by atoms with Crippen LogP contribution in [0.2, 0.25) is 0 Å². The van der Waals surface area contributed by atoms with Crippen LogP contribution >= 0.6 is 0 Å². The van der Waals surface area contributed by atoms with Crippen LogP contribution in [-0.4, -0.2) is 44.8 Å². The number of sulfonamides is 1. The summed E-state index contributed by atoms with van der Waals surface area (Å²) >= 11 is 0. The summed E-state index contributed by atoms with van der Waals surface area (Å²) in [5.41, 5.74) is 5.79. The van der Waals surface area contributed by atoms with Crippen LogP contribution in [0.5, 0.6) is 0 Å². The normalized spacial score (nSPS) is 11.6. The minimum absolute atomic E-state index is 0.199. The zero-order valence-corrected chi connectivity index (χ0v) is 13.3. The van der Waals surface area contributed by atoms with Crippen molar-refractivity contribution in [3.8, 4) is 0 Å². The van der Waals surface area contributed by atoms with Crippen LogP contribution in [-0.2, 0) is 10.0 Å². The van der Waals surface area contributed by atoms with E-state index in [0.717, 1.165) is 0 Å². The smallest absolute Gasteiger partial charge is 0.251 e. The summed E-state index contributed by atoms with van der Waals surface area (Å²) in [6.07, 6.45) is 0.708. The lowest BCUT2D eigenvalue weighted by molar-refractivity contribution is 0.0953. The number of nitrogens with two attached hydrogens (primary N) is 1. The van der Waals surface area contributed by atoms with E-state index in [1.807, 2.05) is 0 Å². The number of nitrogens with one attached hydrogen (secondary N) is 1. The van der Waals surface area contributed by atoms with Gasteiger partial charge in [0.25, 0.3) is 5.91 Å². The predicted octanol–water partition coefficient (Wildman–Crippen LogP) is 0.796. The van der Waals surface area contributed by atoms with Crippen molar-refractivity contribution < 1.29 is 13.2 Å². The van der Waals surface area contributed by atoms with Crippen LogP contribution in [0.15, 0.2) is 29.2 Å². The van der Waals surface area contributed by atoms with Gasteiger partial charge in [0, 0.05) is 25.2 Å². The van der Waals surface area contributed by atoms with Gasteiger partial charge in [0.15, 0.2) is 0 Å². The third kappa shape index (κ3) is 4.52. The summed E-state index contributed by atoms with van der Waals surface area (Å²) < 4.78 is 26.0. The Hall–Kier alpha value is -1.44. The van der Waals surface area contributed by atoms with E-state index < -0.39 is 10.0 Å². The second kappa shape index (κ2) is 8.11. The number of nitrogens with zero attached hydrogens (tertiary/aromatic N) is 1. The highest BCUT2D eigenvalue weighted by molar-refractivity contribution is 7.89. The Kier molecular flexibility index (Phi) is 6.80. The maximum Gasteiger partial charge on any atom is 0.251 e. The van der Waals surface area contributed by atoms with Gasteiger partial charge < -0.3 is 11.1 Å². The van der Waals surface area contributed by atoms with E-state index in [4.69, 9.17) is 5.73 Å². The minimum atomic E-state index is -3.48. The van der Waals surface area contributed by atoms with Gasteiger partial charge >= 0.3 is 0 Å². The van der Waals surface area contributed by atoms with Gasteiger partial charge in [-0.15, -0.1) is 0 Å². The first kappa shape index (κ1) is 17.6. The second-order valence-corrected chi connectivity index (χ2v) is 6.45. The molecule has 0 atom stereocenters. The number of amides is 1. The van der Waals surface area contributed by atoms with Gasteiger partial charge in [-0.05, 0) is 37.2 Å². The molecule has 0 saturated carbocycles. The fourth-order valence-corrected chi connectivity index (χ4v) is 3.35. The van der Waals surface area contributed by atoms with Crippen molar-refractivity contribution in [3.63, 3.8) is 0 Å². The summed E-state index contributed by atoms with van der Waals surface area (Å²) in [5.74, 6) is -0.227. The highest BCUT2D eigenvalue weighted by Gasteiger charge is 2.21. The zero-order chi connectivity index (χ0) is 15.9. The van der Waals surface area contributed by atoms with Crippen molar-refractivity contribution >= 4 is 15.9 Å². The molecule has 0 radical (unpaired) electrons. The lowest BCUT2D eigenvalue weighted by Gasteiger charge is -2.18. The van der Waals surface area contributed by atoms with Crippen LogP contribution in [0.1, 0.15) is 30.6 Å². The first-order valence-corrected chi connectivity index (χ1v) is 8.49. The second-order valence-electron chi connectivity index (χ2n) is 4.51. The van der Waals surface area contributed by atoms with Crippen LogP contribution in [0, 0.1) is 0 Å². The van der Waals surface area contributed by atoms with Crippen molar-refractivity contribution in [2.24, 2.45) is 5.73 Å². The summed E-state index contributed by atoms with van der Waals surface area (Å²) in [7, 11) is -3.48. The Labute approximate surface area is 126 Å². The zero-order valence-electron chi connectivity index (χ0n) is 12.5. The molecule has 0 aliphatic carbocycles. The van der Waals surface area contributed by atoms with Crippen molar-refractivity contribution in [2.75, 3.05) is 26.2 Å². The molecule has 0 unspecified atom stereocenters. The molecule has 118 valence electrons. The quantitative estimate of drug-likeness (QED) is 0.694. The standard InChI is InChI=1S/C14H23N3O3S/c1-3-17(4-2)21(19,20)13-8-6-12(7-9-13)14(18)16-11-5-10-15/h6-9H,3-5,10-11,15H2,1-2H3,(H,16,18). The van der Waals surface area contributed by atoms with Gasteiger partial charge in [-0.1, -0.05) is 13.8 Å². The van der Waals surface area contributed by atoms with Crippen LogP contribution in [0.25, 0.3) is 0 Å². The van der Waals surface area contributed by atoms with E-state index >= 15 is 0 Å². The Bertz CT molecular complexity index is 551. The van der Waals surface area contributed by atoms with Crippen molar-refractivity contribution in [2.45, 2.75) is 25.2 Å². The molecule has 7 heteroatoms. The van der Waals surface area contributed by atoms with E-state index in [1.165, 1.54) is 28.6 Å². The molecule has 0 bridgehead atoms. The summed E-state index contributed by atoms with van der Waals surface area (Å²) in [5, 5.41) is 2.72. The van der Waals surface area contributed by atoms with Gasteiger partial charge in [-0.25, -0.2) is 8.42 Å². The van der Waals surface area contributed by atoms with E-state index in [0.29, 0.717) is 38.2 Å². The van der Waals surface area contributed by atoms with Crippen LogP contribution in [0.4, 0.5) is 0 Å². The van der Waals surface area contributed by atoms with Gasteiger partial charge in [-0.2, -0.15) is 4.31 Å². The molecule has 1 rings (SSSR count). The molecule has 0 aliphatic heterocycles. The van der Waals surface area contributed by atoms with Crippen LogP contribution < -0.4 is 11.1 Å². The highest BCUT2D eigenvalue weighted by atomic mass is 32.2. The number of hydrogen-bond donors (Lipinski definition) is 2. The Morgan fingerprint density at radius 3 is 2.24 bits per heavy atom. The monoisotopic (exact) mass is 313 g/mol. The SMILES string of the molecule is CCN(CC)S(=O)(=O)c1ccc(C(=O)NCCCN)cc1. The molecule has 1 aromatic rings. The molecule has 0 heterocycles. The maximum atomic E-state index is 12.3. The lowest BCUT2D eigenvalue weighted by atomic mass is 10.2. The van der Waals surface area contributed by atoms with Crippen molar-refractivity contribution in [3.05, 3.63) is 29.8 Å². The lowest BCUT2D eigenvalue weighted by Crippen LogP contribution is -2.30. The Balaban J connectivity index is 2.85. The fraction of sp³-hybridized carbons (Fsp3) is 0.500. The van der Waals surface area contributed by atoms with Gasteiger partial charge in [-0.3, -0.25) is 4.79 Å². The fourth-order valence-electron chi connectivity index (χ4n) is 1.90. The molecule has 0 saturated heterocycles. The molecular weight excluding hydrogens is 290 g/mol. The summed E-state index contributed by atoms with van der Waals surface area (Å²) in [4.78, 5) is 12.0. The molecule has 3 N–H and O–H groups in total. The maximum absolute atomic E-state index is 12.3. The number of carbonyl (C=O) groups is 1. The molecule has 21 heavy (non-hydrogen) atoms. The molecular formula is C14H23N3O3S. The van der Waals surface area contributed by atoms with E-state index in [1.54, 1.807) is 13.8 Å². The Morgan fingerprint density at radius 2 is 1.76 bits per heavy atom. The van der Waals surface area contributed by atoms with Crippen molar-refractivity contribution in [1.82, 2.24) is 9.62 Å². The highest BCUT2D eigenvalue weighted by Crippen LogP contribution is 2.16. The van der Waals surface area contributed by atoms with Gasteiger partial charge in [0.2, 0.25) is 10.0 Å². The average Bonchev–Trinajstić information content (AvgIpc) is 2.48. The summed E-state index contributed by atoms with van der Waals surface area (Å²) in [6.45, 7) is 5.44. The molecule has 1 aromatic carbocycles.